The predicted molar refractivity (Wildman–Crippen MR) is 88.3 cm³/mol. The standard InChI is InChI=1S/C16H15BrO3S/c1-2-20-14-6-4-3-5-11(14)10-21-15-9-12(17)7-8-13(15)16(18)19/h3-9H,2,10H2,1H3,(H,18,19). The summed E-state index contributed by atoms with van der Waals surface area (Å²) in [6, 6.07) is 13.0. The Balaban J connectivity index is 2.20. The van der Waals surface area contributed by atoms with Gasteiger partial charge in [-0.1, -0.05) is 34.1 Å². The quantitative estimate of drug-likeness (QED) is 0.743. The number of thioether (sulfide) groups is 1. The molecule has 0 unspecified atom stereocenters. The number of ether oxygens (including phenoxy) is 1. The van der Waals surface area contributed by atoms with Crippen molar-refractivity contribution >= 4 is 33.7 Å². The molecule has 3 nitrogen and oxygen atoms in total. The van der Waals surface area contributed by atoms with Crippen molar-refractivity contribution in [2.24, 2.45) is 0 Å². The molecule has 0 heterocycles. The Labute approximate surface area is 136 Å². The lowest BCUT2D eigenvalue weighted by Gasteiger charge is -2.11. The summed E-state index contributed by atoms with van der Waals surface area (Å²) in [5.74, 6) is 0.592. The summed E-state index contributed by atoms with van der Waals surface area (Å²) in [6.45, 7) is 2.56. The first kappa shape index (κ1) is 15.9. The molecule has 2 aromatic carbocycles. The fraction of sp³-hybridized carbons (Fsp3) is 0.188. The van der Waals surface area contributed by atoms with Gasteiger partial charge in [0.1, 0.15) is 5.75 Å². The molecule has 0 aliphatic rings. The Morgan fingerprint density at radius 1 is 1.29 bits per heavy atom. The van der Waals surface area contributed by atoms with Crippen LogP contribution in [0.3, 0.4) is 0 Å². The minimum Gasteiger partial charge on any atom is -0.494 e. The van der Waals surface area contributed by atoms with E-state index in [4.69, 9.17) is 4.74 Å². The normalized spacial score (nSPS) is 10.4. The molecule has 0 aromatic heterocycles. The SMILES string of the molecule is CCOc1ccccc1CSc1cc(Br)ccc1C(=O)O. The first-order valence-corrected chi connectivity index (χ1v) is 8.26. The molecule has 0 spiro atoms. The molecule has 2 aromatic rings. The Morgan fingerprint density at radius 2 is 2.05 bits per heavy atom. The second-order valence-electron chi connectivity index (χ2n) is 4.28. The molecule has 110 valence electrons. The van der Waals surface area contributed by atoms with Crippen LogP contribution in [0.1, 0.15) is 22.8 Å². The van der Waals surface area contributed by atoms with Gasteiger partial charge in [0.25, 0.3) is 0 Å². The second-order valence-corrected chi connectivity index (χ2v) is 6.21. The number of carbonyl (C=O) groups is 1. The highest BCUT2D eigenvalue weighted by Crippen LogP contribution is 2.32. The first-order valence-electron chi connectivity index (χ1n) is 6.48. The van der Waals surface area contributed by atoms with Crippen LogP contribution in [0.4, 0.5) is 0 Å². The lowest BCUT2D eigenvalue weighted by molar-refractivity contribution is 0.0693. The summed E-state index contributed by atoms with van der Waals surface area (Å²) in [5.41, 5.74) is 1.37. The Kier molecular flexibility index (Phi) is 5.70. The van der Waals surface area contributed by atoms with Crippen LogP contribution in [0, 0.1) is 0 Å². The van der Waals surface area contributed by atoms with Gasteiger partial charge in [0, 0.05) is 20.7 Å². The number of hydrogen-bond acceptors (Lipinski definition) is 3. The van der Waals surface area contributed by atoms with Crippen LogP contribution >= 0.6 is 27.7 Å². The lowest BCUT2D eigenvalue weighted by atomic mass is 10.2. The molecule has 21 heavy (non-hydrogen) atoms. The second kappa shape index (κ2) is 7.52. The summed E-state index contributed by atoms with van der Waals surface area (Å²) in [7, 11) is 0. The average molecular weight is 367 g/mol. The molecule has 0 amide bonds. The highest BCUT2D eigenvalue weighted by Gasteiger charge is 2.12. The van der Waals surface area contributed by atoms with Crippen molar-refractivity contribution in [3.63, 3.8) is 0 Å². The molecule has 1 N–H and O–H groups in total. The van der Waals surface area contributed by atoms with Gasteiger partial charge >= 0.3 is 5.97 Å². The maximum absolute atomic E-state index is 11.3. The van der Waals surface area contributed by atoms with Crippen LogP contribution in [0.15, 0.2) is 51.8 Å². The van der Waals surface area contributed by atoms with Gasteiger partial charge in [-0.25, -0.2) is 4.79 Å². The summed E-state index contributed by atoms with van der Waals surface area (Å²) in [4.78, 5) is 12.0. The van der Waals surface area contributed by atoms with Gasteiger partial charge in [-0.2, -0.15) is 0 Å². The molecular weight excluding hydrogens is 352 g/mol. The van der Waals surface area contributed by atoms with E-state index in [-0.39, 0.29) is 0 Å². The summed E-state index contributed by atoms with van der Waals surface area (Å²) in [5, 5.41) is 9.24. The van der Waals surface area contributed by atoms with Crippen LogP contribution in [-0.4, -0.2) is 17.7 Å². The van der Waals surface area contributed by atoms with E-state index in [1.54, 1.807) is 12.1 Å². The van der Waals surface area contributed by atoms with Crippen molar-refractivity contribution in [3.05, 3.63) is 58.1 Å². The molecule has 0 atom stereocenters. The number of hydrogen-bond donors (Lipinski definition) is 1. The minimum absolute atomic E-state index is 0.317. The molecule has 2 rings (SSSR count). The van der Waals surface area contributed by atoms with E-state index in [1.165, 1.54) is 11.8 Å². The third-order valence-electron chi connectivity index (χ3n) is 2.83. The minimum atomic E-state index is -0.914. The van der Waals surface area contributed by atoms with Gasteiger partial charge in [0.2, 0.25) is 0 Å². The molecule has 0 bridgehead atoms. The molecule has 0 aliphatic carbocycles. The number of carboxylic acid groups (broad SMARTS) is 1. The Bertz CT molecular complexity index is 643. The zero-order chi connectivity index (χ0) is 15.2. The fourth-order valence-electron chi connectivity index (χ4n) is 1.87. The van der Waals surface area contributed by atoms with E-state index >= 15 is 0 Å². The van der Waals surface area contributed by atoms with E-state index < -0.39 is 5.97 Å². The largest absolute Gasteiger partial charge is 0.494 e. The summed E-state index contributed by atoms with van der Waals surface area (Å²) in [6.07, 6.45) is 0. The fourth-order valence-corrected chi connectivity index (χ4v) is 3.45. The molecular formula is C16H15BrO3S. The maximum atomic E-state index is 11.3. The highest BCUT2D eigenvalue weighted by molar-refractivity contribution is 9.10. The Hall–Kier alpha value is -1.46. The number of para-hydroxylation sites is 1. The van der Waals surface area contributed by atoms with E-state index in [9.17, 15) is 9.90 Å². The zero-order valence-corrected chi connectivity index (χ0v) is 13.9. The van der Waals surface area contributed by atoms with E-state index in [0.29, 0.717) is 17.9 Å². The first-order chi connectivity index (χ1) is 10.1. The van der Waals surface area contributed by atoms with Crippen molar-refractivity contribution in [3.8, 4) is 5.75 Å². The van der Waals surface area contributed by atoms with E-state index in [1.807, 2.05) is 37.3 Å². The van der Waals surface area contributed by atoms with Crippen molar-refractivity contribution in [2.75, 3.05) is 6.61 Å². The number of carboxylic acids is 1. The van der Waals surface area contributed by atoms with Gasteiger partial charge in [0.15, 0.2) is 0 Å². The Morgan fingerprint density at radius 3 is 2.76 bits per heavy atom. The van der Waals surface area contributed by atoms with Crippen molar-refractivity contribution < 1.29 is 14.6 Å². The van der Waals surface area contributed by atoms with Crippen molar-refractivity contribution in [2.45, 2.75) is 17.6 Å². The molecule has 0 fully saturated rings. The topological polar surface area (TPSA) is 46.5 Å². The molecule has 0 saturated carbocycles. The summed E-state index contributed by atoms with van der Waals surface area (Å²) < 4.78 is 6.46. The lowest BCUT2D eigenvalue weighted by Crippen LogP contribution is -1.99. The third-order valence-corrected chi connectivity index (χ3v) is 4.43. The van der Waals surface area contributed by atoms with Crippen molar-refractivity contribution in [1.29, 1.82) is 0 Å². The van der Waals surface area contributed by atoms with Crippen LogP contribution in [0.2, 0.25) is 0 Å². The van der Waals surface area contributed by atoms with E-state index in [2.05, 4.69) is 15.9 Å². The van der Waals surface area contributed by atoms with E-state index in [0.717, 1.165) is 20.7 Å². The molecule has 0 saturated heterocycles. The van der Waals surface area contributed by atoms with Gasteiger partial charge in [-0.3, -0.25) is 0 Å². The molecule has 0 aliphatic heterocycles. The zero-order valence-electron chi connectivity index (χ0n) is 11.5. The van der Waals surface area contributed by atoms with Gasteiger partial charge < -0.3 is 9.84 Å². The van der Waals surface area contributed by atoms with Gasteiger partial charge in [0.05, 0.1) is 12.2 Å². The summed E-state index contributed by atoms with van der Waals surface area (Å²) >= 11 is 4.87. The van der Waals surface area contributed by atoms with Crippen LogP contribution in [-0.2, 0) is 5.75 Å². The maximum Gasteiger partial charge on any atom is 0.336 e. The monoisotopic (exact) mass is 366 g/mol. The number of rotatable bonds is 6. The van der Waals surface area contributed by atoms with Gasteiger partial charge in [-0.15, -0.1) is 11.8 Å². The highest BCUT2D eigenvalue weighted by atomic mass is 79.9. The molecule has 0 radical (unpaired) electrons. The van der Waals surface area contributed by atoms with Gasteiger partial charge in [-0.05, 0) is 31.2 Å². The predicted octanol–water partition coefficient (Wildman–Crippen LogP) is 4.84. The number of halogens is 1. The number of aromatic carboxylic acids is 1. The van der Waals surface area contributed by atoms with Crippen LogP contribution in [0.25, 0.3) is 0 Å². The third kappa shape index (κ3) is 4.25. The average Bonchev–Trinajstić information content (AvgIpc) is 2.46. The van der Waals surface area contributed by atoms with Crippen LogP contribution in [0.5, 0.6) is 5.75 Å². The molecule has 5 heteroatoms. The smallest absolute Gasteiger partial charge is 0.336 e. The number of benzene rings is 2. The van der Waals surface area contributed by atoms with Crippen molar-refractivity contribution in [1.82, 2.24) is 0 Å². The van der Waals surface area contributed by atoms with Crippen LogP contribution < -0.4 is 4.74 Å².